The quantitative estimate of drug-likeness (QED) is 0.480. The van der Waals surface area contributed by atoms with Crippen LogP contribution in [0.15, 0.2) is 0 Å². The largest absolute Gasteiger partial charge is 0.363 e. The van der Waals surface area contributed by atoms with Gasteiger partial charge < -0.3 is 16.0 Å². The maximum absolute atomic E-state index is 12.2. The first-order valence-electron chi connectivity index (χ1n) is 7.38. The zero-order valence-electron chi connectivity index (χ0n) is 11.9. The number of carbonyl (C=O) groups is 4. The van der Waals surface area contributed by atoms with Gasteiger partial charge in [-0.25, -0.2) is 0 Å². The number of carbonyl (C=O) groups excluding carboxylic acids is 4. The summed E-state index contributed by atoms with van der Waals surface area (Å²) in [6.45, 7) is 0.540. The molecule has 1 heterocycles. The molecular formula is C14H21N3O4. The molecule has 0 aromatic heterocycles. The Bertz CT molecular complexity index is 448. The number of primary amides is 1. The molecule has 0 aromatic carbocycles. The van der Waals surface area contributed by atoms with E-state index in [4.69, 9.17) is 5.73 Å². The van der Waals surface area contributed by atoms with Crippen molar-refractivity contribution in [2.45, 2.75) is 50.6 Å². The van der Waals surface area contributed by atoms with Crippen molar-refractivity contribution in [1.29, 1.82) is 0 Å². The fourth-order valence-corrected chi connectivity index (χ4v) is 2.93. The normalized spacial score (nSPS) is 23.2. The molecule has 1 saturated heterocycles. The second-order valence-electron chi connectivity index (χ2n) is 5.82. The van der Waals surface area contributed by atoms with Crippen LogP contribution in [0.3, 0.4) is 0 Å². The smallest absolute Gasteiger partial charge is 0.287 e. The summed E-state index contributed by atoms with van der Waals surface area (Å²) in [5.41, 5.74) is 5.05. The van der Waals surface area contributed by atoms with Gasteiger partial charge in [-0.05, 0) is 25.2 Å². The molecule has 116 valence electrons. The number of hydrogen-bond donors (Lipinski definition) is 2. The Morgan fingerprint density at radius 2 is 1.95 bits per heavy atom. The van der Waals surface area contributed by atoms with Crippen molar-refractivity contribution < 1.29 is 19.2 Å². The number of nitrogens with zero attached hydrogens (tertiary/aromatic N) is 1. The van der Waals surface area contributed by atoms with Gasteiger partial charge in [0.25, 0.3) is 5.91 Å². The summed E-state index contributed by atoms with van der Waals surface area (Å²) >= 11 is 0. The lowest BCUT2D eigenvalue weighted by Crippen LogP contribution is -2.52. The van der Waals surface area contributed by atoms with E-state index in [9.17, 15) is 19.2 Å². The Labute approximate surface area is 123 Å². The number of rotatable bonds is 7. The molecule has 2 rings (SSSR count). The van der Waals surface area contributed by atoms with Crippen LogP contribution in [-0.2, 0) is 19.2 Å². The molecule has 0 spiro atoms. The molecule has 0 bridgehead atoms. The second-order valence-corrected chi connectivity index (χ2v) is 5.82. The average Bonchev–Trinajstić information content (AvgIpc) is 2.88. The van der Waals surface area contributed by atoms with Crippen LogP contribution in [0.5, 0.6) is 0 Å². The molecule has 0 aromatic rings. The summed E-state index contributed by atoms with van der Waals surface area (Å²) in [6.07, 6.45) is 5.54. The molecule has 3 amide bonds. The van der Waals surface area contributed by atoms with Crippen LogP contribution in [0.1, 0.15) is 38.5 Å². The Kier molecular flexibility index (Phi) is 4.93. The molecule has 21 heavy (non-hydrogen) atoms. The first-order chi connectivity index (χ1) is 10.0. The van der Waals surface area contributed by atoms with Gasteiger partial charge in [-0.15, -0.1) is 0 Å². The van der Waals surface area contributed by atoms with E-state index in [2.05, 4.69) is 5.32 Å². The Morgan fingerprint density at radius 3 is 2.48 bits per heavy atom. The Balaban J connectivity index is 1.99. The summed E-state index contributed by atoms with van der Waals surface area (Å²) in [6, 6.07) is -1.42. The van der Waals surface area contributed by atoms with Crippen molar-refractivity contribution in [2.24, 2.45) is 11.7 Å². The van der Waals surface area contributed by atoms with Crippen molar-refractivity contribution in [3.63, 3.8) is 0 Å². The standard InChI is InChI=1S/C14H21N3O4/c15-13(20)12(19)10(7-9-3-1-4-9)16-14(21)11-5-2-6-17(11)8-18/h8-11H,1-7H2,(H2,15,20)(H,16,21). The number of ketones is 1. The van der Waals surface area contributed by atoms with Crippen molar-refractivity contribution in [3.8, 4) is 0 Å². The summed E-state index contributed by atoms with van der Waals surface area (Å²) in [4.78, 5) is 47.5. The van der Waals surface area contributed by atoms with Crippen molar-refractivity contribution in [1.82, 2.24) is 10.2 Å². The highest BCUT2D eigenvalue weighted by atomic mass is 16.2. The lowest BCUT2D eigenvalue weighted by Gasteiger charge is -2.30. The number of nitrogens with one attached hydrogen (secondary N) is 1. The molecule has 7 nitrogen and oxygen atoms in total. The molecule has 7 heteroatoms. The van der Waals surface area contributed by atoms with Gasteiger partial charge >= 0.3 is 0 Å². The Hall–Kier alpha value is -1.92. The number of nitrogens with two attached hydrogens (primary N) is 1. The van der Waals surface area contributed by atoms with Crippen LogP contribution in [0.4, 0.5) is 0 Å². The van der Waals surface area contributed by atoms with Crippen LogP contribution < -0.4 is 11.1 Å². The highest BCUT2D eigenvalue weighted by molar-refractivity contribution is 6.37. The zero-order chi connectivity index (χ0) is 15.4. The molecule has 1 aliphatic heterocycles. The molecular weight excluding hydrogens is 274 g/mol. The van der Waals surface area contributed by atoms with E-state index in [1.165, 1.54) is 4.90 Å². The van der Waals surface area contributed by atoms with Crippen LogP contribution in [0.25, 0.3) is 0 Å². The van der Waals surface area contributed by atoms with Crippen LogP contribution >= 0.6 is 0 Å². The monoisotopic (exact) mass is 295 g/mol. The Morgan fingerprint density at radius 1 is 1.24 bits per heavy atom. The fourth-order valence-electron chi connectivity index (χ4n) is 2.93. The summed E-state index contributed by atoms with van der Waals surface area (Å²) in [7, 11) is 0. The van der Waals surface area contributed by atoms with Crippen LogP contribution in [0, 0.1) is 5.92 Å². The summed E-state index contributed by atoms with van der Waals surface area (Å²) < 4.78 is 0. The number of amides is 3. The summed E-state index contributed by atoms with van der Waals surface area (Å²) in [5, 5.41) is 2.61. The molecule has 1 saturated carbocycles. The van der Waals surface area contributed by atoms with Crippen molar-refractivity contribution in [3.05, 3.63) is 0 Å². The SMILES string of the molecule is NC(=O)C(=O)C(CC1CCC1)NC(=O)C1CCCN1C=O. The van der Waals surface area contributed by atoms with Crippen LogP contribution in [0.2, 0.25) is 0 Å². The molecule has 2 atom stereocenters. The highest BCUT2D eigenvalue weighted by Gasteiger charge is 2.35. The minimum Gasteiger partial charge on any atom is -0.363 e. The van der Waals surface area contributed by atoms with Crippen LogP contribution in [-0.4, -0.2) is 47.5 Å². The van der Waals surface area contributed by atoms with E-state index in [1.54, 1.807) is 0 Å². The maximum Gasteiger partial charge on any atom is 0.287 e. The topological polar surface area (TPSA) is 110 Å². The third kappa shape index (κ3) is 3.59. The van der Waals surface area contributed by atoms with Gasteiger partial charge in [-0.2, -0.15) is 0 Å². The van der Waals surface area contributed by atoms with E-state index in [1.807, 2.05) is 0 Å². The third-order valence-electron chi connectivity index (χ3n) is 4.40. The average molecular weight is 295 g/mol. The minimum atomic E-state index is -1.03. The fraction of sp³-hybridized carbons (Fsp3) is 0.714. The van der Waals surface area contributed by atoms with Gasteiger partial charge in [0.2, 0.25) is 18.1 Å². The molecule has 2 fully saturated rings. The van der Waals surface area contributed by atoms with Crippen molar-refractivity contribution in [2.75, 3.05) is 6.54 Å². The maximum atomic E-state index is 12.2. The number of Topliss-reactive ketones (excluding diaryl/α,β-unsaturated/α-hetero) is 1. The van der Waals surface area contributed by atoms with E-state index >= 15 is 0 Å². The molecule has 2 aliphatic rings. The minimum absolute atomic E-state index is 0.351. The number of hydrogen-bond acceptors (Lipinski definition) is 4. The van der Waals surface area contributed by atoms with Gasteiger partial charge in [0, 0.05) is 6.54 Å². The third-order valence-corrected chi connectivity index (χ3v) is 4.40. The molecule has 0 radical (unpaired) electrons. The van der Waals surface area contributed by atoms with E-state index in [0.29, 0.717) is 31.7 Å². The predicted octanol–water partition coefficient (Wildman–Crippen LogP) is -0.663. The van der Waals surface area contributed by atoms with E-state index < -0.39 is 23.8 Å². The van der Waals surface area contributed by atoms with E-state index in [-0.39, 0.29) is 5.91 Å². The van der Waals surface area contributed by atoms with Gasteiger partial charge in [0.1, 0.15) is 6.04 Å². The predicted molar refractivity (Wildman–Crippen MR) is 73.9 cm³/mol. The zero-order valence-corrected chi connectivity index (χ0v) is 11.9. The second kappa shape index (κ2) is 6.69. The first-order valence-corrected chi connectivity index (χ1v) is 7.38. The van der Waals surface area contributed by atoms with Crippen molar-refractivity contribution >= 4 is 24.0 Å². The lowest BCUT2D eigenvalue weighted by atomic mass is 9.80. The van der Waals surface area contributed by atoms with Gasteiger partial charge in [-0.3, -0.25) is 19.2 Å². The first kappa shape index (κ1) is 15.5. The van der Waals surface area contributed by atoms with Gasteiger partial charge in [-0.1, -0.05) is 19.3 Å². The molecule has 2 unspecified atom stereocenters. The van der Waals surface area contributed by atoms with Gasteiger partial charge in [0.05, 0.1) is 6.04 Å². The van der Waals surface area contributed by atoms with E-state index in [0.717, 1.165) is 25.7 Å². The number of likely N-dealkylation sites (tertiary alicyclic amines) is 1. The molecule has 3 N–H and O–H groups in total. The molecule has 1 aliphatic carbocycles. The lowest BCUT2D eigenvalue weighted by molar-refractivity contribution is -0.139. The van der Waals surface area contributed by atoms with Gasteiger partial charge in [0.15, 0.2) is 0 Å². The highest BCUT2D eigenvalue weighted by Crippen LogP contribution is 2.30. The summed E-state index contributed by atoms with van der Waals surface area (Å²) in [5.74, 6) is -1.81.